The molecule has 0 saturated heterocycles. The molecule has 0 amide bonds. The van der Waals surface area contributed by atoms with Gasteiger partial charge in [-0.1, -0.05) is 140 Å². The van der Waals surface area contributed by atoms with Gasteiger partial charge in [0.1, 0.15) is 5.52 Å². The molecule has 0 saturated carbocycles. The SMILES string of the molecule is c1ccc(-c2ccc(-c3cccc(N(c4ccc(-c5ccccc5)cc4)c4ccc5ccc6oc(-c7ccccc7)nc6c5c4)c3)cc2)cc1. The fourth-order valence-electron chi connectivity index (χ4n) is 6.73. The minimum absolute atomic E-state index is 0.623. The highest BCUT2D eigenvalue weighted by Gasteiger charge is 2.17. The van der Waals surface area contributed by atoms with Crippen molar-refractivity contribution in [1.82, 2.24) is 4.98 Å². The van der Waals surface area contributed by atoms with Crippen LogP contribution in [0.25, 0.3) is 66.7 Å². The molecule has 50 heavy (non-hydrogen) atoms. The van der Waals surface area contributed by atoms with Crippen molar-refractivity contribution in [2.24, 2.45) is 0 Å². The number of oxazole rings is 1. The second-order valence-electron chi connectivity index (χ2n) is 12.4. The number of anilines is 3. The lowest BCUT2D eigenvalue weighted by atomic mass is 9.99. The van der Waals surface area contributed by atoms with Crippen molar-refractivity contribution in [2.75, 3.05) is 4.90 Å². The van der Waals surface area contributed by atoms with Gasteiger partial charge in [-0.2, -0.15) is 0 Å². The molecule has 0 fully saturated rings. The van der Waals surface area contributed by atoms with Gasteiger partial charge in [-0.25, -0.2) is 4.98 Å². The molecule has 1 aromatic heterocycles. The monoisotopic (exact) mass is 640 g/mol. The smallest absolute Gasteiger partial charge is 0.227 e. The Morgan fingerprint density at radius 1 is 0.360 bits per heavy atom. The van der Waals surface area contributed by atoms with E-state index in [1.807, 2.05) is 36.4 Å². The van der Waals surface area contributed by atoms with E-state index in [1.165, 1.54) is 27.8 Å². The van der Waals surface area contributed by atoms with Crippen LogP contribution >= 0.6 is 0 Å². The highest BCUT2D eigenvalue weighted by molar-refractivity contribution is 6.06. The maximum Gasteiger partial charge on any atom is 0.227 e. The molecule has 9 aromatic rings. The molecule has 0 aliphatic carbocycles. The Labute approximate surface area is 291 Å². The summed E-state index contributed by atoms with van der Waals surface area (Å²) in [6, 6.07) is 68.3. The van der Waals surface area contributed by atoms with Gasteiger partial charge < -0.3 is 9.32 Å². The topological polar surface area (TPSA) is 29.3 Å². The van der Waals surface area contributed by atoms with Gasteiger partial charge in [0.15, 0.2) is 5.58 Å². The van der Waals surface area contributed by atoms with Crippen LogP contribution in [0.5, 0.6) is 0 Å². The van der Waals surface area contributed by atoms with Gasteiger partial charge in [-0.05, 0) is 93.4 Å². The van der Waals surface area contributed by atoms with E-state index in [0.717, 1.165) is 50.1 Å². The van der Waals surface area contributed by atoms with Crippen molar-refractivity contribution < 1.29 is 4.42 Å². The summed E-state index contributed by atoms with van der Waals surface area (Å²) in [6.45, 7) is 0. The van der Waals surface area contributed by atoms with Gasteiger partial charge in [0, 0.05) is 28.0 Å². The van der Waals surface area contributed by atoms with E-state index in [9.17, 15) is 0 Å². The number of hydrogen-bond acceptors (Lipinski definition) is 3. The van der Waals surface area contributed by atoms with Crippen molar-refractivity contribution in [1.29, 1.82) is 0 Å². The quantitative estimate of drug-likeness (QED) is 0.174. The third-order valence-electron chi connectivity index (χ3n) is 9.30. The Bertz CT molecular complexity index is 2560. The first-order chi connectivity index (χ1) is 24.8. The van der Waals surface area contributed by atoms with Gasteiger partial charge in [0.25, 0.3) is 0 Å². The van der Waals surface area contributed by atoms with Gasteiger partial charge in [-0.3, -0.25) is 0 Å². The highest BCUT2D eigenvalue weighted by Crippen LogP contribution is 2.40. The molecule has 0 aliphatic rings. The van der Waals surface area contributed by atoms with Crippen molar-refractivity contribution in [2.45, 2.75) is 0 Å². The van der Waals surface area contributed by atoms with Gasteiger partial charge >= 0.3 is 0 Å². The molecule has 3 nitrogen and oxygen atoms in total. The fourth-order valence-corrected chi connectivity index (χ4v) is 6.73. The normalized spacial score (nSPS) is 11.2. The summed E-state index contributed by atoms with van der Waals surface area (Å²) in [6.07, 6.45) is 0. The van der Waals surface area contributed by atoms with Gasteiger partial charge in [0.2, 0.25) is 5.89 Å². The van der Waals surface area contributed by atoms with Crippen LogP contribution < -0.4 is 4.90 Å². The molecule has 0 atom stereocenters. The van der Waals surface area contributed by atoms with Crippen LogP contribution in [0, 0.1) is 0 Å². The average molecular weight is 641 g/mol. The highest BCUT2D eigenvalue weighted by atomic mass is 16.3. The van der Waals surface area contributed by atoms with E-state index in [1.54, 1.807) is 0 Å². The van der Waals surface area contributed by atoms with Gasteiger partial charge in [-0.15, -0.1) is 0 Å². The Morgan fingerprint density at radius 2 is 0.840 bits per heavy atom. The molecule has 0 aliphatic heterocycles. The number of aromatic nitrogens is 1. The molecule has 8 aromatic carbocycles. The summed E-state index contributed by atoms with van der Waals surface area (Å²) >= 11 is 0. The Balaban J connectivity index is 1.16. The van der Waals surface area contributed by atoms with E-state index in [-0.39, 0.29) is 0 Å². The number of rotatable bonds is 7. The molecule has 9 rings (SSSR count). The van der Waals surface area contributed by atoms with Crippen molar-refractivity contribution in [3.05, 3.63) is 194 Å². The molecule has 0 spiro atoms. The Kier molecular flexibility index (Phi) is 7.49. The Hall–Kier alpha value is -6.71. The molecule has 0 bridgehead atoms. The van der Waals surface area contributed by atoms with Crippen LogP contribution in [0.1, 0.15) is 0 Å². The summed E-state index contributed by atoms with van der Waals surface area (Å²) in [7, 11) is 0. The molecular weight excluding hydrogens is 609 g/mol. The zero-order chi connectivity index (χ0) is 33.3. The van der Waals surface area contributed by atoms with E-state index in [2.05, 4.69) is 163 Å². The Morgan fingerprint density at radius 3 is 1.48 bits per heavy atom. The van der Waals surface area contributed by atoms with Crippen LogP contribution in [0.15, 0.2) is 199 Å². The lowest BCUT2D eigenvalue weighted by Crippen LogP contribution is -2.10. The largest absolute Gasteiger partial charge is 0.436 e. The predicted molar refractivity (Wildman–Crippen MR) is 208 cm³/mol. The van der Waals surface area contributed by atoms with E-state index in [0.29, 0.717) is 5.89 Å². The lowest BCUT2D eigenvalue weighted by Gasteiger charge is -2.26. The summed E-state index contributed by atoms with van der Waals surface area (Å²) in [5.74, 6) is 0.623. The first kappa shape index (κ1) is 29.4. The third kappa shape index (κ3) is 5.61. The molecule has 0 unspecified atom stereocenters. The standard InChI is InChI=1S/C47H32N2O/c1-4-11-33(12-5-1)35-19-21-37(22-20-35)40-17-10-18-42(31-40)49(41-27-23-36(24-28-41)34-13-6-2-7-14-34)43-29-25-38-26-30-45-46(44(38)32-43)48-47(50-45)39-15-8-3-9-16-39/h1-32H. The minimum atomic E-state index is 0.623. The molecule has 3 heteroatoms. The van der Waals surface area contributed by atoms with Crippen molar-refractivity contribution >= 4 is 38.9 Å². The first-order valence-corrected chi connectivity index (χ1v) is 16.9. The first-order valence-electron chi connectivity index (χ1n) is 16.9. The number of benzene rings is 8. The maximum atomic E-state index is 6.26. The van der Waals surface area contributed by atoms with Crippen LogP contribution in [0.2, 0.25) is 0 Å². The average Bonchev–Trinajstić information content (AvgIpc) is 3.65. The number of nitrogens with zero attached hydrogens (tertiary/aromatic N) is 2. The minimum Gasteiger partial charge on any atom is -0.436 e. The van der Waals surface area contributed by atoms with E-state index in [4.69, 9.17) is 9.40 Å². The molecule has 0 N–H and O–H groups in total. The fraction of sp³-hybridized carbons (Fsp3) is 0. The van der Waals surface area contributed by atoms with Crippen LogP contribution in [0.4, 0.5) is 17.1 Å². The number of fused-ring (bicyclic) bond motifs is 3. The molecule has 236 valence electrons. The van der Waals surface area contributed by atoms with Crippen molar-refractivity contribution in [3.63, 3.8) is 0 Å². The van der Waals surface area contributed by atoms with E-state index >= 15 is 0 Å². The van der Waals surface area contributed by atoms with Crippen LogP contribution in [-0.4, -0.2) is 4.98 Å². The zero-order valence-electron chi connectivity index (χ0n) is 27.3. The summed E-state index contributed by atoms with van der Waals surface area (Å²) in [4.78, 5) is 7.33. The third-order valence-corrected chi connectivity index (χ3v) is 9.30. The van der Waals surface area contributed by atoms with E-state index < -0.39 is 0 Å². The lowest BCUT2D eigenvalue weighted by molar-refractivity contribution is 0.620. The van der Waals surface area contributed by atoms with Crippen molar-refractivity contribution in [3.8, 4) is 44.8 Å². The zero-order valence-corrected chi connectivity index (χ0v) is 27.3. The summed E-state index contributed by atoms with van der Waals surface area (Å²) in [5.41, 5.74) is 12.9. The molecule has 1 heterocycles. The second kappa shape index (κ2) is 12.7. The number of hydrogen-bond donors (Lipinski definition) is 0. The molecule has 0 radical (unpaired) electrons. The maximum absolute atomic E-state index is 6.26. The summed E-state index contributed by atoms with van der Waals surface area (Å²) < 4.78 is 6.26. The van der Waals surface area contributed by atoms with Gasteiger partial charge in [0.05, 0.1) is 0 Å². The van der Waals surface area contributed by atoms with Crippen LogP contribution in [0.3, 0.4) is 0 Å². The second-order valence-corrected chi connectivity index (χ2v) is 12.4. The van der Waals surface area contributed by atoms with Crippen LogP contribution in [-0.2, 0) is 0 Å². The predicted octanol–water partition coefficient (Wildman–Crippen LogP) is 13.1. The summed E-state index contributed by atoms with van der Waals surface area (Å²) in [5, 5.41) is 2.16. The molecular formula is C47H32N2O.